The number of β-amino-alcohol motifs (C(OH)–C–C–N with tert-alkyl or cyclic N) is 1. The average Bonchev–Trinajstić information content (AvgIpc) is 2.40. The molecule has 18 heavy (non-hydrogen) atoms. The fraction of sp³-hybridized carbons (Fsp3) is 0.571. The molecule has 0 radical (unpaired) electrons. The van der Waals surface area contributed by atoms with Gasteiger partial charge in [-0.3, -0.25) is 4.90 Å². The van der Waals surface area contributed by atoms with Gasteiger partial charge >= 0.3 is 0 Å². The van der Waals surface area contributed by atoms with Gasteiger partial charge in [0.1, 0.15) is 0 Å². The molecule has 1 aromatic carbocycles. The molecule has 1 atom stereocenters. The molecule has 0 aliphatic carbocycles. The van der Waals surface area contributed by atoms with Crippen molar-refractivity contribution in [2.75, 3.05) is 44.2 Å². The van der Waals surface area contributed by atoms with Crippen molar-refractivity contribution in [3.05, 3.63) is 29.8 Å². The maximum absolute atomic E-state index is 9.43. The Morgan fingerprint density at radius 2 is 1.83 bits per heavy atom. The van der Waals surface area contributed by atoms with Gasteiger partial charge in [-0.15, -0.1) is 0 Å². The van der Waals surface area contributed by atoms with E-state index >= 15 is 0 Å². The quantitative estimate of drug-likeness (QED) is 0.815. The van der Waals surface area contributed by atoms with Crippen molar-refractivity contribution in [2.45, 2.75) is 13.0 Å². The standard InChI is InChI=1S/C14H22N2O2/c1-12-4-2-3-5-14(12)16-8-6-15(7-9-16)10-13(18)11-17/h2-5,13,17-18H,6-11H2,1H3. The number of aliphatic hydroxyl groups is 2. The number of rotatable bonds is 4. The fourth-order valence-corrected chi connectivity index (χ4v) is 2.45. The Balaban J connectivity index is 1.89. The highest BCUT2D eigenvalue weighted by Gasteiger charge is 2.19. The number of aliphatic hydroxyl groups excluding tert-OH is 2. The van der Waals surface area contributed by atoms with Crippen molar-refractivity contribution in [1.29, 1.82) is 0 Å². The molecule has 4 heteroatoms. The zero-order chi connectivity index (χ0) is 13.0. The first-order valence-electron chi connectivity index (χ1n) is 6.52. The zero-order valence-corrected chi connectivity index (χ0v) is 10.9. The highest BCUT2D eigenvalue weighted by molar-refractivity contribution is 5.53. The molecule has 4 nitrogen and oxygen atoms in total. The molecule has 1 aliphatic heterocycles. The average molecular weight is 250 g/mol. The van der Waals surface area contributed by atoms with Gasteiger partial charge in [0.2, 0.25) is 0 Å². The van der Waals surface area contributed by atoms with Gasteiger partial charge in [0.15, 0.2) is 0 Å². The van der Waals surface area contributed by atoms with Gasteiger partial charge in [-0.2, -0.15) is 0 Å². The summed E-state index contributed by atoms with van der Waals surface area (Å²) in [5.41, 5.74) is 2.61. The molecule has 1 heterocycles. The minimum absolute atomic E-state index is 0.155. The van der Waals surface area contributed by atoms with Crippen molar-refractivity contribution < 1.29 is 10.2 Å². The van der Waals surface area contributed by atoms with E-state index in [1.807, 2.05) is 0 Å². The molecule has 2 N–H and O–H groups in total. The predicted octanol–water partition coefficient (Wildman–Crippen LogP) is 0.470. The van der Waals surface area contributed by atoms with Crippen molar-refractivity contribution in [3.8, 4) is 0 Å². The molecule has 0 amide bonds. The summed E-state index contributed by atoms with van der Waals surface area (Å²) in [6, 6.07) is 8.43. The number of piperazine rings is 1. The zero-order valence-electron chi connectivity index (χ0n) is 10.9. The van der Waals surface area contributed by atoms with Crippen molar-refractivity contribution >= 4 is 5.69 Å². The van der Waals surface area contributed by atoms with Crippen LogP contribution in [0.2, 0.25) is 0 Å². The van der Waals surface area contributed by atoms with E-state index in [2.05, 4.69) is 41.0 Å². The maximum Gasteiger partial charge on any atom is 0.0897 e. The number of hydrogen-bond donors (Lipinski definition) is 2. The Hall–Kier alpha value is -1.10. The molecule has 1 unspecified atom stereocenters. The molecular formula is C14H22N2O2. The smallest absolute Gasteiger partial charge is 0.0897 e. The lowest BCUT2D eigenvalue weighted by atomic mass is 10.1. The minimum atomic E-state index is -0.616. The van der Waals surface area contributed by atoms with Crippen LogP contribution in [0, 0.1) is 6.92 Å². The topological polar surface area (TPSA) is 46.9 Å². The number of aryl methyl sites for hydroxylation is 1. The van der Waals surface area contributed by atoms with Crippen LogP contribution in [-0.4, -0.2) is 60.5 Å². The van der Waals surface area contributed by atoms with Crippen LogP contribution >= 0.6 is 0 Å². The van der Waals surface area contributed by atoms with E-state index in [1.54, 1.807) is 0 Å². The van der Waals surface area contributed by atoms with E-state index < -0.39 is 6.10 Å². The van der Waals surface area contributed by atoms with E-state index in [1.165, 1.54) is 11.3 Å². The monoisotopic (exact) mass is 250 g/mol. The van der Waals surface area contributed by atoms with Crippen LogP contribution < -0.4 is 4.90 Å². The van der Waals surface area contributed by atoms with E-state index in [4.69, 9.17) is 5.11 Å². The first-order valence-corrected chi connectivity index (χ1v) is 6.52. The lowest BCUT2D eigenvalue weighted by molar-refractivity contribution is 0.0575. The van der Waals surface area contributed by atoms with E-state index in [-0.39, 0.29) is 6.61 Å². The summed E-state index contributed by atoms with van der Waals surface area (Å²) in [6.45, 7) is 6.37. The second kappa shape index (κ2) is 6.18. The Labute approximate surface area is 108 Å². The Kier molecular flexibility index (Phi) is 4.58. The van der Waals surface area contributed by atoms with E-state index in [0.29, 0.717) is 6.54 Å². The molecule has 1 fully saturated rings. The van der Waals surface area contributed by atoms with Crippen LogP contribution in [-0.2, 0) is 0 Å². The number of benzene rings is 1. The van der Waals surface area contributed by atoms with Gasteiger partial charge in [0.25, 0.3) is 0 Å². The second-order valence-corrected chi connectivity index (χ2v) is 4.91. The van der Waals surface area contributed by atoms with Crippen LogP contribution in [0.15, 0.2) is 24.3 Å². The summed E-state index contributed by atoms with van der Waals surface area (Å²) in [7, 11) is 0. The van der Waals surface area contributed by atoms with Gasteiger partial charge in [-0.05, 0) is 18.6 Å². The van der Waals surface area contributed by atoms with E-state index in [0.717, 1.165) is 26.2 Å². The van der Waals surface area contributed by atoms with Crippen LogP contribution in [0.25, 0.3) is 0 Å². The summed E-state index contributed by atoms with van der Waals surface area (Å²) in [5.74, 6) is 0. The molecule has 1 aromatic rings. The molecule has 0 spiro atoms. The fourth-order valence-electron chi connectivity index (χ4n) is 2.45. The summed E-state index contributed by atoms with van der Waals surface area (Å²) in [4.78, 5) is 4.59. The summed E-state index contributed by atoms with van der Waals surface area (Å²) in [6.07, 6.45) is -0.616. The molecule has 0 aromatic heterocycles. The largest absolute Gasteiger partial charge is 0.394 e. The normalized spacial score (nSPS) is 18.9. The van der Waals surface area contributed by atoms with Crippen LogP contribution in [0.5, 0.6) is 0 Å². The molecule has 1 aliphatic rings. The molecular weight excluding hydrogens is 228 g/mol. The second-order valence-electron chi connectivity index (χ2n) is 4.91. The summed E-state index contributed by atoms with van der Waals surface area (Å²) >= 11 is 0. The Morgan fingerprint density at radius 1 is 1.17 bits per heavy atom. The first-order chi connectivity index (χ1) is 8.70. The summed E-state index contributed by atoms with van der Waals surface area (Å²) < 4.78 is 0. The Bertz CT molecular complexity index is 376. The number of hydrogen-bond acceptors (Lipinski definition) is 4. The maximum atomic E-state index is 9.43. The lowest BCUT2D eigenvalue weighted by Gasteiger charge is -2.37. The summed E-state index contributed by atoms with van der Waals surface area (Å²) in [5, 5.41) is 18.3. The number of nitrogens with zero attached hydrogens (tertiary/aromatic N) is 2. The number of para-hydroxylation sites is 1. The van der Waals surface area contributed by atoms with Gasteiger partial charge in [0, 0.05) is 38.4 Å². The highest BCUT2D eigenvalue weighted by atomic mass is 16.3. The minimum Gasteiger partial charge on any atom is -0.394 e. The van der Waals surface area contributed by atoms with Crippen LogP contribution in [0.4, 0.5) is 5.69 Å². The third-order valence-corrected chi connectivity index (χ3v) is 3.51. The number of anilines is 1. The van der Waals surface area contributed by atoms with Gasteiger partial charge in [0.05, 0.1) is 12.7 Å². The van der Waals surface area contributed by atoms with Crippen molar-refractivity contribution in [3.63, 3.8) is 0 Å². The molecule has 2 rings (SSSR count). The lowest BCUT2D eigenvalue weighted by Crippen LogP contribution is -2.49. The molecule has 0 saturated carbocycles. The van der Waals surface area contributed by atoms with Gasteiger partial charge in [-0.1, -0.05) is 18.2 Å². The SMILES string of the molecule is Cc1ccccc1N1CCN(CC(O)CO)CC1. The molecule has 1 saturated heterocycles. The Morgan fingerprint density at radius 3 is 2.44 bits per heavy atom. The van der Waals surface area contributed by atoms with Crippen LogP contribution in [0.1, 0.15) is 5.56 Å². The third kappa shape index (κ3) is 3.22. The van der Waals surface area contributed by atoms with E-state index in [9.17, 15) is 5.11 Å². The first kappa shape index (κ1) is 13.3. The van der Waals surface area contributed by atoms with Gasteiger partial charge < -0.3 is 15.1 Å². The third-order valence-electron chi connectivity index (χ3n) is 3.51. The van der Waals surface area contributed by atoms with Crippen LogP contribution in [0.3, 0.4) is 0 Å². The predicted molar refractivity (Wildman–Crippen MR) is 72.9 cm³/mol. The van der Waals surface area contributed by atoms with Gasteiger partial charge in [-0.25, -0.2) is 0 Å². The molecule has 0 bridgehead atoms. The highest BCUT2D eigenvalue weighted by Crippen LogP contribution is 2.20. The van der Waals surface area contributed by atoms with Crippen molar-refractivity contribution in [2.24, 2.45) is 0 Å². The van der Waals surface area contributed by atoms with Crippen molar-refractivity contribution in [1.82, 2.24) is 4.90 Å². The molecule has 100 valence electrons.